The van der Waals surface area contributed by atoms with E-state index in [0.717, 1.165) is 0 Å². The molecule has 1 saturated heterocycles. The molecule has 0 radical (unpaired) electrons. The van der Waals surface area contributed by atoms with E-state index >= 15 is 0 Å². The van der Waals surface area contributed by atoms with Crippen LogP contribution in [0.4, 0.5) is 10.6 Å². The monoisotopic (exact) mass is 294 g/mol. The van der Waals surface area contributed by atoms with Gasteiger partial charge in [0.1, 0.15) is 5.82 Å². The predicted molar refractivity (Wildman–Crippen MR) is 78.2 cm³/mol. The molecule has 1 unspecified atom stereocenters. The molecule has 1 aliphatic heterocycles. The van der Waals surface area contributed by atoms with Crippen molar-refractivity contribution < 1.29 is 14.7 Å². The standard InChI is InChI=1S/C14H22N4O3/c1-14(2,3)18-11(6-7-15-18)16-13(21)17-8-4-5-10(9-17)12(19)20/h6-7,10H,4-5,8-9H2,1-3H3,(H,16,21)(H,19,20). The Hall–Kier alpha value is -2.05. The van der Waals surface area contributed by atoms with Crippen molar-refractivity contribution in [2.24, 2.45) is 5.92 Å². The number of hydrogen-bond acceptors (Lipinski definition) is 3. The van der Waals surface area contributed by atoms with Crippen molar-refractivity contribution >= 4 is 17.8 Å². The summed E-state index contributed by atoms with van der Waals surface area (Å²) in [6, 6.07) is 1.47. The maximum absolute atomic E-state index is 12.3. The van der Waals surface area contributed by atoms with Crippen molar-refractivity contribution in [2.75, 3.05) is 18.4 Å². The zero-order valence-corrected chi connectivity index (χ0v) is 12.7. The number of urea groups is 1. The van der Waals surface area contributed by atoms with Crippen LogP contribution in [0.2, 0.25) is 0 Å². The Morgan fingerprint density at radius 2 is 2.14 bits per heavy atom. The summed E-state index contributed by atoms with van der Waals surface area (Å²) in [6.07, 6.45) is 2.97. The summed E-state index contributed by atoms with van der Waals surface area (Å²) in [7, 11) is 0. The van der Waals surface area contributed by atoms with E-state index in [1.807, 2.05) is 20.8 Å². The number of nitrogens with one attached hydrogen (secondary N) is 1. The highest BCUT2D eigenvalue weighted by atomic mass is 16.4. The molecule has 0 spiro atoms. The summed E-state index contributed by atoms with van der Waals surface area (Å²) in [6.45, 7) is 6.83. The Bertz CT molecular complexity index is 533. The molecule has 1 aromatic rings. The SMILES string of the molecule is CC(C)(C)n1nccc1NC(=O)N1CCCC(C(=O)O)C1. The van der Waals surface area contributed by atoms with Crippen molar-refractivity contribution in [2.45, 2.75) is 39.2 Å². The normalized spacial score (nSPS) is 19.4. The van der Waals surface area contributed by atoms with Gasteiger partial charge < -0.3 is 10.0 Å². The summed E-state index contributed by atoms with van der Waals surface area (Å²) < 4.78 is 1.74. The van der Waals surface area contributed by atoms with Gasteiger partial charge in [-0.2, -0.15) is 5.10 Å². The van der Waals surface area contributed by atoms with Crippen LogP contribution in [0, 0.1) is 5.92 Å². The predicted octanol–water partition coefficient (Wildman–Crippen LogP) is 1.97. The zero-order valence-electron chi connectivity index (χ0n) is 12.7. The van der Waals surface area contributed by atoms with E-state index in [4.69, 9.17) is 5.11 Å². The minimum Gasteiger partial charge on any atom is -0.481 e. The molecule has 7 heteroatoms. The van der Waals surface area contributed by atoms with Gasteiger partial charge in [0.2, 0.25) is 0 Å². The van der Waals surface area contributed by atoms with Gasteiger partial charge in [-0.3, -0.25) is 10.1 Å². The number of carbonyl (C=O) groups excluding carboxylic acids is 1. The fourth-order valence-electron chi connectivity index (χ4n) is 2.48. The third-order valence-corrected chi connectivity index (χ3v) is 3.57. The smallest absolute Gasteiger partial charge is 0.323 e. The fraction of sp³-hybridized carbons (Fsp3) is 0.643. The number of anilines is 1. The summed E-state index contributed by atoms with van der Waals surface area (Å²) in [4.78, 5) is 24.9. The van der Waals surface area contributed by atoms with E-state index in [1.165, 1.54) is 0 Å². The van der Waals surface area contributed by atoms with Gasteiger partial charge in [0.15, 0.2) is 0 Å². The Morgan fingerprint density at radius 1 is 1.43 bits per heavy atom. The number of carbonyl (C=O) groups is 2. The lowest BCUT2D eigenvalue weighted by molar-refractivity contribution is -0.143. The van der Waals surface area contributed by atoms with E-state index in [1.54, 1.807) is 21.8 Å². The molecule has 1 aromatic heterocycles. The number of amides is 2. The van der Waals surface area contributed by atoms with Crippen LogP contribution in [0.1, 0.15) is 33.6 Å². The second-order valence-corrected chi connectivity index (χ2v) is 6.35. The Labute approximate surface area is 123 Å². The molecule has 0 saturated carbocycles. The largest absolute Gasteiger partial charge is 0.481 e. The highest BCUT2D eigenvalue weighted by Gasteiger charge is 2.29. The van der Waals surface area contributed by atoms with Gasteiger partial charge in [0.05, 0.1) is 17.7 Å². The third kappa shape index (κ3) is 3.53. The van der Waals surface area contributed by atoms with Gasteiger partial charge in [-0.15, -0.1) is 0 Å². The molecule has 116 valence electrons. The molecule has 21 heavy (non-hydrogen) atoms. The van der Waals surface area contributed by atoms with Gasteiger partial charge >= 0.3 is 12.0 Å². The molecule has 7 nitrogen and oxygen atoms in total. The number of carboxylic acids is 1. The van der Waals surface area contributed by atoms with Crippen LogP contribution < -0.4 is 5.32 Å². The van der Waals surface area contributed by atoms with Crippen molar-refractivity contribution in [3.05, 3.63) is 12.3 Å². The number of piperidine rings is 1. The molecule has 0 aromatic carbocycles. The number of nitrogens with zero attached hydrogens (tertiary/aromatic N) is 3. The van der Waals surface area contributed by atoms with E-state index in [-0.39, 0.29) is 18.1 Å². The summed E-state index contributed by atoms with van der Waals surface area (Å²) in [5.74, 6) is -0.700. The lowest BCUT2D eigenvalue weighted by Gasteiger charge is -2.31. The molecule has 2 amide bonds. The number of hydrogen-bond donors (Lipinski definition) is 2. The van der Waals surface area contributed by atoms with Crippen LogP contribution in [0.3, 0.4) is 0 Å². The maximum Gasteiger partial charge on any atom is 0.323 e. The summed E-state index contributed by atoms with van der Waals surface area (Å²) >= 11 is 0. The molecular formula is C14H22N4O3. The van der Waals surface area contributed by atoms with E-state index < -0.39 is 11.9 Å². The molecule has 0 aliphatic carbocycles. The van der Waals surface area contributed by atoms with Crippen molar-refractivity contribution in [1.29, 1.82) is 0 Å². The highest BCUT2D eigenvalue weighted by molar-refractivity contribution is 5.89. The topological polar surface area (TPSA) is 87.5 Å². The Balaban J connectivity index is 2.05. The van der Waals surface area contributed by atoms with Gasteiger partial charge in [-0.25, -0.2) is 9.48 Å². The van der Waals surface area contributed by atoms with Crippen molar-refractivity contribution in [3.63, 3.8) is 0 Å². The minimum atomic E-state index is -0.841. The summed E-state index contributed by atoms with van der Waals surface area (Å²) in [5.41, 5.74) is -0.238. The van der Waals surface area contributed by atoms with E-state index in [0.29, 0.717) is 25.2 Å². The lowest BCUT2D eigenvalue weighted by atomic mass is 9.99. The molecule has 2 heterocycles. The number of aromatic nitrogens is 2. The molecule has 1 atom stereocenters. The molecule has 2 N–H and O–H groups in total. The number of carboxylic acid groups (broad SMARTS) is 1. The second-order valence-electron chi connectivity index (χ2n) is 6.35. The first-order valence-electron chi connectivity index (χ1n) is 7.12. The summed E-state index contributed by atoms with van der Waals surface area (Å²) in [5, 5.41) is 16.1. The molecule has 1 fully saturated rings. The number of rotatable bonds is 2. The van der Waals surface area contributed by atoms with Crippen LogP contribution in [0.5, 0.6) is 0 Å². The van der Waals surface area contributed by atoms with Crippen LogP contribution in [-0.4, -0.2) is 44.9 Å². The molecule has 2 rings (SSSR count). The number of likely N-dealkylation sites (tertiary alicyclic amines) is 1. The molecule has 1 aliphatic rings. The van der Waals surface area contributed by atoms with Gasteiger partial charge in [-0.05, 0) is 33.6 Å². The highest BCUT2D eigenvalue weighted by Crippen LogP contribution is 2.21. The van der Waals surface area contributed by atoms with Crippen LogP contribution in [0.25, 0.3) is 0 Å². The lowest BCUT2D eigenvalue weighted by Crippen LogP contribution is -2.44. The zero-order chi connectivity index (χ0) is 15.6. The van der Waals surface area contributed by atoms with Crippen molar-refractivity contribution in [3.8, 4) is 0 Å². The van der Waals surface area contributed by atoms with Gasteiger partial charge in [-0.1, -0.05) is 0 Å². The van der Waals surface area contributed by atoms with Crippen molar-refractivity contribution in [1.82, 2.24) is 14.7 Å². The van der Waals surface area contributed by atoms with Gasteiger partial charge in [0, 0.05) is 19.2 Å². The average molecular weight is 294 g/mol. The maximum atomic E-state index is 12.3. The van der Waals surface area contributed by atoms with Crippen LogP contribution >= 0.6 is 0 Å². The quantitative estimate of drug-likeness (QED) is 0.873. The Kier molecular flexibility index (Phi) is 4.20. The number of aliphatic carboxylic acids is 1. The second kappa shape index (κ2) is 5.75. The van der Waals surface area contributed by atoms with E-state index in [2.05, 4.69) is 10.4 Å². The molecular weight excluding hydrogens is 272 g/mol. The molecule has 0 bridgehead atoms. The van der Waals surface area contributed by atoms with Gasteiger partial charge in [0.25, 0.3) is 0 Å². The Morgan fingerprint density at radius 3 is 2.76 bits per heavy atom. The first kappa shape index (κ1) is 15.3. The van der Waals surface area contributed by atoms with E-state index in [9.17, 15) is 9.59 Å². The minimum absolute atomic E-state index is 0.238. The van der Waals surface area contributed by atoms with Crippen LogP contribution in [-0.2, 0) is 10.3 Å². The fourth-order valence-corrected chi connectivity index (χ4v) is 2.48. The first-order chi connectivity index (χ1) is 9.79. The average Bonchev–Trinajstić information content (AvgIpc) is 2.87. The third-order valence-electron chi connectivity index (χ3n) is 3.57. The first-order valence-corrected chi connectivity index (χ1v) is 7.12. The van der Waals surface area contributed by atoms with Crippen LogP contribution in [0.15, 0.2) is 12.3 Å².